The van der Waals surface area contributed by atoms with Gasteiger partial charge in [0.2, 0.25) is 5.91 Å². The molecular formula is C25H45NO4S. The number of carbonyl (C=O) groups excluding carboxylic acids is 2. The van der Waals surface area contributed by atoms with Crippen LogP contribution >= 0.6 is 11.8 Å². The Bertz CT molecular complexity index is 528. The van der Waals surface area contributed by atoms with E-state index in [1.807, 2.05) is 17.9 Å². The maximum atomic E-state index is 12.4. The van der Waals surface area contributed by atoms with Crippen LogP contribution in [-0.4, -0.2) is 58.2 Å². The molecule has 180 valence electrons. The van der Waals surface area contributed by atoms with Crippen LogP contribution < -0.4 is 0 Å². The van der Waals surface area contributed by atoms with Gasteiger partial charge in [0.1, 0.15) is 0 Å². The third-order valence-electron chi connectivity index (χ3n) is 5.88. The van der Waals surface area contributed by atoms with E-state index in [-0.39, 0.29) is 17.9 Å². The standard InChI is InChI=1S/C25H45NO4S/c1-4-7-9-16-25(29,17-10-8-5-2)18-15-22-13-14-23(27)26(22)19-21-31-20-11-12-24(28)30-6-3/h15,18,22,29H,4-14,16-17,19-21H2,1-3H3/b18-15+/t22-/m1/s1. The van der Waals surface area contributed by atoms with Gasteiger partial charge in [-0.2, -0.15) is 11.8 Å². The predicted octanol–water partition coefficient (Wildman–Crippen LogP) is 5.50. The van der Waals surface area contributed by atoms with Gasteiger partial charge in [0.05, 0.1) is 18.2 Å². The number of aliphatic hydroxyl groups is 1. The quantitative estimate of drug-likeness (QED) is 0.168. The number of carbonyl (C=O) groups is 2. The summed E-state index contributed by atoms with van der Waals surface area (Å²) in [4.78, 5) is 25.7. The Labute approximate surface area is 194 Å². The number of nitrogens with zero attached hydrogens (tertiary/aromatic N) is 1. The van der Waals surface area contributed by atoms with Gasteiger partial charge in [0.25, 0.3) is 0 Å². The normalized spacial score (nSPS) is 17.1. The average Bonchev–Trinajstić information content (AvgIpc) is 3.09. The largest absolute Gasteiger partial charge is 0.466 e. The molecule has 6 heteroatoms. The molecule has 1 aliphatic rings. The lowest BCUT2D eigenvalue weighted by Gasteiger charge is -2.27. The molecule has 1 N–H and O–H groups in total. The van der Waals surface area contributed by atoms with Crippen LogP contribution in [0.2, 0.25) is 0 Å². The lowest BCUT2D eigenvalue weighted by atomic mass is 9.89. The van der Waals surface area contributed by atoms with Crippen molar-refractivity contribution in [3.05, 3.63) is 12.2 Å². The van der Waals surface area contributed by atoms with Crippen LogP contribution in [0.5, 0.6) is 0 Å². The van der Waals surface area contributed by atoms with Gasteiger partial charge >= 0.3 is 5.97 Å². The lowest BCUT2D eigenvalue weighted by Crippen LogP contribution is -2.34. The number of unbranched alkanes of at least 4 members (excludes halogenated alkanes) is 4. The number of ether oxygens (including phenoxy) is 1. The number of hydrogen-bond donors (Lipinski definition) is 1. The summed E-state index contributed by atoms with van der Waals surface area (Å²) in [5, 5.41) is 11.2. The molecule has 0 aromatic carbocycles. The molecule has 0 bridgehead atoms. The highest BCUT2D eigenvalue weighted by molar-refractivity contribution is 7.99. The maximum absolute atomic E-state index is 12.4. The zero-order chi connectivity index (χ0) is 23.0. The highest BCUT2D eigenvalue weighted by atomic mass is 32.2. The summed E-state index contributed by atoms with van der Waals surface area (Å²) < 4.78 is 4.94. The van der Waals surface area contributed by atoms with Gasteiger partial charge in [0, 0.05) is 25.1 Å². The zero-order valence-corrected chi connectivity index (χ0v) is 20.9. The number of rotatable bonds is 18. The molecule has 1 saturated heterocycles. The van der Waals surface area contributed by atoms with Crippen LogP contribution in [0.3, 0.4) is 0 Å². The molecule has 0 aliphatic carbocycles. The third-order valence-corrected chi connectivity index (χ3v) is 6.93. The van der Waals surface area contributed by atoms with Crippen molar-refractivity contribution in [1.82, 2.24) is 4.90 Å². The fraction of sp³-hybridized carbons (Fsp3) is 0.840. The topological polar surface area (TPSA) is 66.8 Å². The smallest absolute Gasteiger partial charge is 0.305 e. The Balaban J connectivity index is 2.50. The summed E-state index contributed by atoms with van der Waals surface area (Å²) >= 11 is 1.78. The first-order chi connectivity index (χ1) is 15.0. The minimum Gasteiger partial charge on any atom is -0.466 e. The predicted molar refractivity (Wildman–Crippen MR) is 130 cm³/mol. The molecule has 0 radical (unpaired) electrons. The van der Waals surface area contributed by atoms with Crippen LogP contribution in [0.1, 0.15) is 97.8 Å². The summed E-state index contributed by atoms with van der Waals surface area (Å²) in [7, 11) is 0. The van der Waals surface area contributed by atoms with Crippen molar-refractivity contribution in [3.8, 4) is 0 Å². The first-order valence-corrected chi connectivity index (χ1v) is 13.6. The fourth-order valence-corrected chi connectivity index (χ4v) is 4.89. The van der Waals surface area contributed by atoms with Crippen LogP contribution in [0.4, 0.5) is 0 Å². The van der Waals surface area contributed by atoms with E-state index < -0.39 is 5.60 Å². The first-order valence-electron chi connectivity index (χ1n) is 12.4. The van der Waals surface area contributed by atoms with Crippen molar-refractivity contribution in [2.45, 2.75) is 109 Å². The summed E-state index contributed by atoms with van der Waals surface area (Å²) in [6, 6.07) is 0.0940. The van der Waals surface area contributed by atoms with Crippen molar-refractivity contribution in [2.24, 2.45) is 0 Å². The number of hydrogen-bond acceptors (Lipinski definition) is 5. The van der Waals surface area contributed by atoms with Gasteiger partial charge in [-0.1, -0.05) is 64.5 Å². The van der Waals surface area contributed by atoms with E-state index >= 15 is 0 Å². The summed E-state index contributed by atoms with van der Waals surface area (Å²) in [6.07, 6.45) is 15.1. The molecule has 0 unspecified atom stereocenters. The van der Waals surface area contributed by atoms with Crippen molar-refractivity contribution in [2.75, 3.05) is 24.7 Å². The molecule has 0 saturated carbocycles. The van der Waals surface area contributed by atoms with Gasteiger partial charge < -0.3 is 14.7 Å². The summed E-state index contributed by atoms with van der Waals surface area (Å²) in [5.41, 5.74) is -0.747. The van der Waals surface area contributed by atoms with E-state index in [9.17, 15) is 14.7 Å². The lowest BCUT2D eigenvalue weighted by molar-refractivity contribution is -0.143. The third kappa shape index (κ3) is 12.0. The highest BCUT2D eigenvalue weighted by Gasteiger charge is 2.30. The Morgan fingerprint density at radius 1 is 1.13 bits per heavy atom. The van der Waals surface area contributed by atoms with E-state index in [4.69, 9.17) is 4.74 Å². The van der Waals surface area contributed by atoms with E-state index in [0.717, 1.165) is 82.3 Å². The summed E-state index contributed by atoms with van der Waals surface area (Å²) in [6.45, 7) is 7.35. The molecule has 1 atom stereocenters. The molecule has 1 rings (SSSR count). The molecule has 1 heterocycles. The van der Waals surface area contributed by atoms with Crippen molar-refractivity contribution >= 4 is 23.6 Å². The molecule has 1 aliphatic heterocycles. The van der Waals surface area contributed by atoms with Crippen LogP contribution in [-0.2, 0) is 14.3 Å². The van der Waals surface area contributed by atoms with E-state index in [2.05, 4.69) is 19.9 Å². The molecular weight excluding hydrogens is 410 g/mol. The van der Waals surface area contributed by atoms with Crippen molar-refractivity contribution in [1.29, 1.82) is 0 Å². The minimum absolute atomic E-state index is 0.0940. The number of likely N-dealkylation sites (tertiary alicyclic amines) is 1. The van der Waals surface area contributed by atoms with Gasteiger partial charge in [-0.05, 0) is 38.4 Å². The van der Waals surface area contributed by atoms with Crippen LogP contribution in [0, 0.1) is 0 Å². The molecule has 0 spiro atoms. The Morgan fingerprint density at radius 3 is 2.42 bits per heavy atom. The van der Waals surface area contributed by atoms with E-state index in [1.165, 1.54) is 0 Å². The zero-order valence-electron chi connectivity index (χ0n) is 20.1. The fourth-order valence-electron chi connectivity index (χ4n) is 4.01. The summed E-state index contributed by atoms with van der Waals surface area (Å²) in [5.74, 6) is 1.85. The van der Waals surface area contributed by atoms with Crippen molar-refractivity contribution < 1.29 is 19.4 Å². The van der Waals surface area contributed by atoms with Crippen LogP contribution in [0.25, 0.3) is 0 Å². The number of esters is 1. The SMILES string of the molecule is CCCCCC(O)(/C=C/[C@H]1CCC(=O)N1CCSCCCC(=O)OCC)CCCCC. The Morgan fingerprint density at radius 2 is 1.81 bits per heavy atom. The monoisotopic (exact) mass is 455 g/mol. The van der Waals surface area contributed by atoms with Crippen molar-refractivity contribution in [3.63, 3.8) is 0 Å². The molecule has 5 nitrogen and oxygen atoms in total. The maximum Gasteiger partial charge on any atom is 0.305 e. The van der Waals surface area contributed by atoms with Gasteiger partial charge in [-0.3, -0.25) is 9.59 Å². The highest BCUT2D eigenvalue weighted by Crippen LogP contribution is 2.27. The minimum atomic E-state index is -0.747. The van der Waals surface area contributed by atoms with E-state index in [1.54, 1.807) is 11.8 Å². The molecule has 1 fully saturated rings. The number of amides is 1. The van der Waals surface area contributed by atoms with Gasteiger partial charge in [0.15, 0.2) is 0 Å². The first kappa shape index (κ1) is 28.0. The number of thioether (sulfide) groups is 1. The second kappa shape index (κ2) is 16.6. The average molecular weight is 456 g/mol. The van der Waals surface area contributed by atoms with E-state index in [0.29, 0.717) is 19.4 Å². The second-order valence-electron chi connectivity index (χ2n) is 8.59. The second-order valence-corrected chi connectivity index (χ2v) is 9.82. The van der Waals surface area contributed by atoms with Gasteiger partial charge in [-0.15, -0.1) is 0 Å². The molecule has 1 amide bonds. The molecule has 0 aromatic rings. The molecule has 0 aromatic heterocycles. The Hall–Kier alpha value is -1.01. The molecule has 31 heavy (non-hydrogen) atoms. The van der Waals surface area contributed by atoms with Gasteiger partial charge in [-0.25, -0.2) is 0 Å². The Kier molecular flexibility index (Phi) is 15.0. The van der Waals surface area contributed by atoms with Crippen LogP contribution in [0.15, 0.2) is 12.2 Å².